The lowest BCUT2D eigenvalue weighted by Crippen LogP contribution is -2.60. The highest BCUT2D eigenvalue weighted by atomic mass is 16.3. The molecule has 2 unspecified atom stereocenters. The highest BCUT2D eigenvalue weighted by Crippen LogP contribution is 2.23. The van der Waals surface area contributed by atoms with Crippen molar-refractivity contribution < 1.29 is 14.0 Å². The monoisotopic (exact) mass is 402 g/mol. The molecule has 1 fully saturated rings. The molecule has 0 bridgehead atoms. The summed E-state index contributed by atoms with van der Waals surface area (Å²) in [4.78, 5) is 29.3. The number of nitriles is 1. The molecule has 4 rings (SSSR count). The van der Waals surface area contributed by atoms with E-state index in [2.05, 4.69) is 11.4 Å². The van der Waals surface area contributed by atoms with Crippen molar-refractivity contribution in [1.29, 1.82) is 5.26 Å². The van der Waals surface area contributed by atoms with Crippen molar-refractivity contribution in [3.63, 3.8) is 0 Å². The summed E-state index contributed by atoms with van der Waals surface area (Å²) in [6.07, 6.45) is 0. The molecule has 0 aliphatic carbocycles. The number of benzene rings is 2. The van der Waals surface area contributed by atoms with E-state index in [1.54, 1.807) is 40.1 Å². The highest BCUT2D eigenvalue weighted by molar-refractivity contribution is 5.96. The molecule has 2 heterocycles. The number of rotatable bonds is 2. The molecule has 1 aliphatic heterocycles. The van der Waals surface area contributed by atoms with Crippen LogP contribution in [0, 0.1) is 11.3 Å². The predicted octanol–water partition coefficient (Wildman–Crippen LogP) is 4.07. The minimum Gasteiger partial charge on any atom is -0.451 e. The van der Waals surface area contributed by atoms with Gasteiger partial charge in [0.2, 0.25) is 0 Å². The van der Waals surface area contributed by atoms with Crippen LogP contribution in [0.4, 0.5) is 10.5 Å². The van der Waals surface area contributed by atoms with Crippen LogP contribution >= 0.6 is 0 Å². The summed E-state index contributed by atoms with van der Waals surface area (Å²) in [5.41, 5.74) is 1.84. The van der Waals surface area contributed by atoms with Crippen molar-refractivity contribution in [3.8, 4) is 6.07 Å². The molecule has 7 nitrogen and oxygen atoms in total. The number of piperazine rings is 1. The topological polar surface area (TPSA) is 89.6 Å². The van der Waals surface area contributed by atoms with Crippen LogP contribution in [-0.4, -0.2) is 46.9 Å². The molecule has 1 aliphatic rings. The zero-order chi connectivity index (χ0) is 21.3. The Morgan fingerprint density at radius 2 is 1.73 bits per heavy atom. The Balaban J connectivity index is 1.45. The van der Waals surface area contributed by atoms with Crippen LogP contribution < -0.4 is 5.32 Å². The Kier molecular flexibility index (Phi) is 5.15. The van der Waals surface area contributed by atoms with Gasteiger partial charge in [-0.3, -0.25) is 4.79 Å². The van der Waals surface area contributed by atoms with Crippen molar-refractivity contribution in [2.45, 2.75) is 25.9 Å². The number of carbonyl (C=O) groups excluding carboxylic acids is 2. The lowest BCUT2D eigenvalue weighted by atomic mass is 10.1. The van der Waals surface area contributed by atoms with E-state index in [9.17, 15) is 9.59 Å². The average molecular weight is 402 g/mol. The molecule has 30 heavy (non-hydrogen) atoms. The number of urea groups is 1. The summed E-state index contributed by atoms with van der Waals surface area (Å²) in [7, 11) is 0. The fourth-order valence-electron chi connectivity index (χ4n) is 3.95. The fourth-order valence-corrected chi connectivity index (χ4v) is 3.95. The van der Waals surface area contributed by atoms with Crippen molar-refractivity contribution in [3.05, 3.63) is 65.9 Å². The molecular weight excluding hydrogens is 380 g/mol. The number of nitrogens with zero attached hydrogens (tertiary/aromatic N) is 3. The summed E-state index contributed by atoms with van der Waals surface area (Å²) >= 11 is 0. The smallest absolute Gasteiger partial charge is 0.322 e. The number of amides is 3. The van der Waals surface area contributed by atoms with Gasteiger partial charge in [0.25, 0.3) is 5.91 Å². The number of furan rings is 1. The molecule has 3 amide bonds. The maximum Gasteiger partial charge on any atom is 0.322 e. The van der Waals surface area contributed by atoms with Crippen LogP contribution in [0.15, 0.2) is 59.0 Å². The van der Waals surface area contributed by atoms with E-state index >= 15 is 0 Å². The fraction of sp³-hybridized carbons (Fsp3) is 0.261. The summed E-state index contributed by atoms with van der Waals surface area (Å²) in [6, 6.07) is 17.5. The Hall–Kier alpha value is -3.79. The van der Waals surface area contributed by atoms with Crippen LogP contribution in [-0.2, 0) is 0 Å². The summed E-state index contributed by atoms with van der Waals surface area (Å²) in [5, 5.41) is 12.7. The van der Waals surface area contributed by atoms with Gasteiger partial charge in [0.1, 0.15) is 5.58 Å². The van der Waals surface area contributed by atoms with E-state index in [-0.39, 0.29) is 24.0 Å². The quantitative estimate of drug-likeness (QED) is 0.700. The first-order chi connectivity index (χ1) is 14.5. The lowest BCUT2D eigenvalue weighted by Gasteiger charge is -2.44. The van der Waals surface area contributed by atoms with E-state index in [1.165, 1.54) is 0 Å². The van der Waals surface area contributed by atoms with Gasteiger partial charge < -0.3 is 19.5 Å². The first-order valence-corrected chi connectivity index (χ1v) is 9.83. The van der Waals surface area contributed by atoms with Gasteiger partial charge in [-0.25, -0.2) is 4.79 Å². The molecule has 1 aromatic heterocycles. The van der Waals surface area contributed by atoms with Crippen molar-refractivity contribution >= 4 is 28.6 Å². The first-order valence-electron chi connectivity index (χ1n) is 9.83. The van der Waals surface area contributed by atoms with E-state index < -0.39 is 0 Å². The van der Waals surface area contributed by atoms with Crippen molar-refractivity contribution in [2.75, 3.05) is 18.4 Å². The van der Waals surface area contributed by atoms with Gasteiger partial charge in [0, 0.05) is 36.2 Å². The van der Waals surface area contributed by atoms with Crippen LogP contribution in [0.5, 0.6) is 0 Å². The third-order valence-corrected chi connectivity index (χ3v) is 5.34. The van der Waals surface area contributed by atoms with Crippen LogP contribution in [0.1, 0.15) is 30.0 Å². The second-order valence-electron chi connectivity index (χ2n) is 7.58. The van der Waals surface area contributed by atoms with Gasteiger partial charge in [-0.2, -0.15) is 5.26 Å². The van der Waals surface area contributed by atoms with Gasteiger partial charge in [-0.15, -0.1) is 0 Å². The maximum absolute atomic E-state index is 13.0. The Bertz CT molecular complexity index is 1080. The summed E-state index contributed by atoms with van der Waals surface area (Å²) in [5.74, 6) is 0.142. The second-order valence-corrected chi connectivity index (χ2v) is 7.58. The standard InChI is InChI=1S/C23H22N4O3/c1-15-13-26(22(28)21-11-18-5-3-4-6-20(18)30-21)14-16(2)27(15)23(29)25-19-9-7-17(12-24)8-10-19/h3-11,15-16H,13-14H2,1-2H3,(H,25,29). The molecule has 1 saturated heterocycles. The molecule has 7 heteroatoms. The molecule has 0 radical (unpaired) electrons. The van der Waals surface area contributed by atoms with Crippen LogP contribution in [0.25, 0.3) is 11.0 Å². The molecular formula is C23H22N4O3. The number of anilines is 1. The first kappa shape index (κ1) is 19.5. The zero-order valence-electron chi connectivity index (χ0n) is 16.8. The Morgan fingerprint density at radius 1 is 1.07 bits per heavy atom. The highest BCUT2D eigenvalue weighted by Gasteiger charge is 2.36. The molecule has 2 atom stereocenters. The third-order valence-electron chi connectivity index (χ3n) is 5.34. The van der Waals surface area contributed by atoms with Crippen LogP contribution in [0.2, 0.25) is 0 Å². The summed E-state index contributed by atoms with van der Waals surface area (Å²) in [6.45, 7) is 4.68. The van der Waals surface area contributed by atoms with Gasteiger partial charge in [-0.1, -0.05) is 18.2 Å². The number of fused-ring (bicyclic) bond motifs is 1. The molecule has 2 aromatic carbocycles. The number of para-hydroxylation sites is 1. The van der Waals surface area contributed by atoms with Gasteiger partial charge in [0.05, 0.1) is 11.6 Å². The summed E-state index contributed by atoms with van der Waals surface area (Å²) < 4.78 is 5.72. The van der Waals surface area contributed by atoms with E-state index in [4.69, 9.17) is 9.68 Å². The third kappa shape index (κ3) is 3.72. The number of carbonyl (C=O) groups is 2. The lowest BCUT2D eigenvalue weighted by molar-refractivity contribution is 0.0438. The molecule has 3 aromatic rings. The minimum absolute atomic E-state index is 0.166. The van der Waals surface area contributed by atoms with E-state index in [0.29, 0.717) is 35.7 Å². The number of nitrogens with one attached hydrogen (secondary N) is 1. The SMILES string of the molecule is CC1CN(C(=O)c2cc3ccccc3o2)CC(C)N1C(=O)Nc1ccc(C#N)cc1. The van der Waals surface area contributed by atoms with Crippen molar-refractivity contribution in [2.24, 2.45) is 0 Å². The van der Waals surface area contributed by atoms with Crippen molar-refractivity contribution in [1.82, 2.24) is 9.80 Å². The minimum atomic E-state index is -0.226. The van der Waals surface area contributed by atoms with Gasteiger partial charge in [0.15, 0.2) is 5.76 Å². The van der Waals surface area contributed by atoms with Gasteiger partial charge in [-0.05, 0) is 50.2 Å². The molecule has 0 spiro atoms. The Morgan fingerprint density at radius 3 is 2.37 bits per heavy atom. The number of hydrogen-bond acceptors (Lipinski definition) is 4. The second kappa shape index (κ2) is 7.91. The predicted molar refractivity (Wildman–Crippen MR) is 113 cm³/mol. The average Bonchev–Trinajstić information content (AvgIpc) is 3.17. The zero-order valence-corrected chi connectivity index (χ0v) is 16.8. The largest absolute Gasteiger partial charge is 0.451 e. The maximum atomic E-state index is 13.0. The van der Waals surface area contributed by atoms with E-state index in [1.807, 2.05) is 38.1 Å². The Labute approximate surface area is 174 Å². The van der Waals surface area contributed by atoms with Gasteiger partial charge >= 0.3 is 6.03 Å². The van der Waals surface area contributed by atoms with E-state index in [0.717, 1.165) is 5.39 Å². The molecule has 152 valence electrons. The molecule has 0 saturated carbocycles. The normalized spacial score (nSPS) is 18.8. The number of hydrogen-bond donors (Lipinski definition) is 1. The van der Waals surface area contributed by atoms with Crippen LogP contribution in [0.3, 0.4) is 0 Å². The molecule has 1 N–H and O–H groups in total.